The molecular formula is C10H16N2O2. The zero-order chi connectivity index (χ0) is 9.80. The van der Waals surface area contributed by atoms with E-state index in [1.807, 2.05) is 4.57 Å². The molecule has 1 aromatic rings. The number of aliphatic hydroxyl groups is 1. The second-order valence-corrected chi connectivity index (χ2v) is 3.78. The molecule has 1 atom stereocenters. The second-order valence-electron chi connectivity index (χ2n) is 3.78. The minimum Gasteiger partial charge on any atom is -0.390 e. The molecule has 0 aromatic carbocycles. The van der Waals surface area contributed by atoms with Gasteiger partial charge in [-0.3, -0.25) is 0 Å². The Morgan fingerprint density at radius 2 is 2.57 bits per heavy atom. The Kier molecular flexibility index (Phi) is 3.16. The van der Waals surface area contributed by atoms with Crippen molar-refractivity contribution in [1.82, 2.24) is 9.55 Å². The molecule has 4 nitrogen and oxygen atoms in total. The fraction of sp³-hybridized carbons (Fsp3) is 0.700. The number of hydrogen-bond donors (Lipinski definition) is 1. The van der Waals surface area contributed by atoms with Crippen LogP contribution in [0.4, 0.5) is 0 Å². The summed E-state index contributed by atoms with van der Waals surface area (Å²) in [5.74, 6) is 0.572. The maximum Gasteiger partial charge on any atom is 0.0948 e. The predicted octanol–water partition coefficient (Wildman–Crippen LogP) is 0.802. The highest BCUT2D eigenvalue weighted by molar-refractivity contribution is 4.96. The van der Waals surface area contributed by atoms with Gasteiger partial charge in [0.15, 0.2) is 0 Å². The van der Waals surface area contributed by atoms with Crippen LogP contribution >= 0.6 is 0 Å². The SMILES string of the molecule is OCc1cncn1CC1CCCOC1. The fourth-order valence-corrected chi connectivity index (χ4v) is 1.87. The Morgan fingerprint density at radius 1 is 1.64 bits per heavy atom. The minimum absolute atomic E-state index is 0.0631. The average molecular weight is 196 g/mol. The van der Waals surface area contributed by atoms with Crippen molar-refractivity contribution < 1.29 is 9.84 Å². The standard InChI is InChI=1S/C10H16N2O2/c13-6-10-4-11-8-12(10)5-9-2-1-3-14-7-9/h4,8-9,13H,1-3,5-7H2. The van der Waals surface area contributed by atoms with Crippen molar-refractivity contribution in [3.05, 3.63) is 18.2 Å². The number of nitrogens with zero attached hydrogens (tertiary/aromatic N) is 2. The molecule has 1 saturated heterocycles. The molecule has 0 aliphatic carbocycles. The van der Waals surface area contributed by atoms with Gasteiger partial charge in [0.05, 0.1) is 31.4 Å². The van der Waals surface area contributed by atoms with Crippen molar-refractivity contribution in [2.75, 3.05) is 13.2 Å². The van der Waals surface area contributed by atoms with Gasteiger partial charge >= 0.3 is 0 Å². The molecule has 1 unspecified atom stereocenters. The van der Waals surface area contributed by atoms with E-state index >= 15 is 0 Å². The molecule has 0 spiro atoms. The summed E-state index contributed by atoms with van der Waals surface area (Å²) >= 11 is 0. The quantitative estimate of drug-likeness (QED) is 0.778. The highest BCUT2D eigenvalue weighted by Crippen LogP contribution is 2.16. The number of hydrogen-bond acceptors (Lipinski definition) is 3. The highest BCUT2D eigenvalue weighted by Gasteiger charge is 2.15. The molecule has 1 fully saturated rings. The van der Waals surface area contributed by atoms with Crippen molar-refractivity contribution in [1.29, 1.82) is 0 Å². The van der Waals surface area contributed by atoms with E-state index in [-0.39, 0.29) is 6.61 Å². The third kappa shape index (κ3) is 2.13. The van der Waals surface area contributed by atoms with Crippen molar-refractivity contribution in [2.45, 2.75) is 26.0 Å². The normalized spacial score (nSPS) is 22.5. The Labute approximate surface area is 83.5 Å². The van der Waals surface area contributed by atoms with E-state index in [0.29, 0.717) is 5.92 Å². The molecule has 0 radical (unpaired) electrons. The van der Waals surface area contributed by atoms with Gasteiger partial charge in [-0.2, -0.15) is 0 Å². The van der Waals surface area contributed by atoms with Gasteiger partial charge in [-0.05, 0) is 12.8 Å². The third-order valence-electron chi connectivity index (χ3n) is 2.67. The first kappa shape index (κ1) is 9.68. The van der Waals surface area contributed by atoms with Crippen molar-refractivity contribution in [3.63, 3.8) is 0 Å². The van der Waals surface area contributed by atoms with Crippen LogP contribution in [0, 0.1) is 5.92 Å². The summed E-state index contributed by atoms with van der Waals surface area (Å²) in [6.07, 6.45) is 5.85. The Bertz CT molecular complexity index is 279. The molecule has 1 aliphatic heterocycles. The Morgan fingerprint density at radius 3 is 3.29 bits per heavy atom. The lowest BCUT2D eigenvalue weighted by molar-refractivity contribution is 0.0477. The van der Waals surface area contributed by atoms with E-state index in [0.717, 1.165) is 31.9 Å². The van der Waals surface area contributed by atoms with Gasteiger partial charge in [-0.25, -0.2) is 4.98 Å². The van der Waals surface area contributed by atoms with Crippen LogP contribution in [0.15, 0.2) is 12.5 Å². The number of imidazole rings is 1. The van der Waals surface area contributed by atoms with Crippen LogP contribution in [0.2, 0.25) is 0 Å². The first-order valence-corrected chi connectivity index (χ1v) is 5.07. The van der Waals surface area contributed by atoms with Crippen molar-refractivity contribution in [3.8, 4) is 0 Å². The lowest BCUT2D eigenvalue weighted by Gasteiger charge is -2.22. The van der Waals surface area contributed by atoms with Gasteiger partial charge in [-0.15, -0.1) is 0 Å². The molecule has 2 rings (SSSR count). The average Bonchev–Trinajstić information content (AvgIpc) is 2.67. The van der Waals surface area contributed by atoms with Crippen molar-refractivity contribution >= 4 is 0 Å². The largest absolute Gasteiger partial charge is 0.390 e. The maximum absolute atomic E-state index is 9.04. The summed E-state index contributed by atoms with van der Waals surface area (Å²) in [6.45, 7) is 2.71. The second kappa shape index (κ2) is 4.57. The molecule has 1 aliphatic rings. The molecule has 0 saturated carbocycles. The summed E-state index contributed by atoms with van der Waals surface area (Å²) in [7, 11) is 0. The lowest BCUT2D eigenvalue weighted by atomic mass is 10.0. The minimum atomic E-state index is 0.0631. The highest BCUT2D eigenvalue weighted by atomic mass is 16.5. The molecule has 78 valence electrons. The van der Waals surface area contributed by atoms with Crippen molar-refractivity contribution in [2.24, 2.45) is 5.92 Å². The summed E-state index contributed by atoms with van der Waals surface area (Å²) in [5.41, 5.74) is 0.885. The van der Waals surface area contributed by atoms with Crippen LogP contribution in [-0.4, -0.2) is 27.9 Å². The first-order valence-electron chi connectivity index (χ1n) is 5.07. The van der Waals surface area contributed by atoms with Crippen LogP contribution in [0.25, 0.3) is 0 Å². The summed E-state index contributed by atoms with van der Waals surface area (Å²) in [6, 6.07) is 0. The topological polar surface area (TPSA) is 47.3 Å². The third-order valence-corrected chi connectivity index (χ3v) is 2.67. The zero-order valence-electron chi connectivity index (χ0n) is 8.22. The first-order chi connectivity index (χ1) is 6.90. The Hall–Kier alpha value is -0.870. The van der Waals surface area contributed by atoms with Gasteiger partial charge < -0.3 is 14.4 Å². The molecule has 0 amide bonds. The summed E-state index contributed by atoms with van der Waals surface area (Å²) < 4.78 is 7.42. The summed E-state index contributed by atoms with van der Waals surface area (Å²) in [4.78, 5) is 4.02. The van der Waals surface area contributed by atoms with Crippen LogP contribution in [-0.2, 0) is 17.9 Å². The zero-order valence-corrected chi connectivity index (χ0v) is 8.22. The molecule has 4 heteroatoms. The van der Waals surface area contributed by atoms with Crippen LogP contribution in [0.3, 0.4) is 0 Å². The van der Waals surface area contributed by atoms with E-state index in [1.54, 1.807) is 12.5 Å². The molecule has 0 bridgehead atoms. The monoisotopic (exact) mass is 196 g/mol. The van der Waals surface area contributed by atoms with Gasteiger partial charge in [0.25, 0.3) is 0 Å². The molecule has 14 heavy (non-hydrogen) atoms. The van der Waals surface area contributed by atoms with E-state index in [1.165, 1.54) is 6.42 Å². The van der Waals surface area contributed by atoms with Crippen LogP contribution in [0.1, 0.15) is 18.5 Å². The summed E-state index contributed by atoms with van der Waals surface area (Å²) in [5, 5.41) is 9.04. The van der Waals surface area contributed by atoms with Crippen LogP contribution in [0.5, 0.6) is 0 Å². The van der Waals surface area contributed by atoms with Gasteiger partial charge in [-0.1, -0.05) is 0 Å². The van der Waals surface area contributed by atoms with E-state index in [2.05, 4.69) is 4.98 Å². The lowest BCUT2D eigenvalue weighted by Crippen LogP contribution is -2.22. The number of aliphatic hydroxyl groups excluding tert-OH is 1. The molecule has 1 aromatic heterocycles. The van der Waals surface area contributed by atoms with Gasteiger partial charge in [0.1, 0.15) is 0 Å². The Balaban J connectivity index is 1.95. The fourth-order valence-electron chi connectivity index (χ4n) is 1.87. The van der Waals surface area contributed by atoms with E-state index < -0.39 is 0 Å². The van der Waals surface area contributed by atoms with Gasteiger partial charge in [0.2, 0.25) is 0 Å². The van der Waals surface area contributed by atoms with E-state index in [4.69, 9.17) is 9.84 Å². The van der Waals surface area contributed by atoms with Gasteiger partial charge in [0, 0.05) is 19.1 Å². The number of rotatable bonds is 3. The molecule has 1 N–H and O–H groups in total. The maximum atomic E-state index is 9.04. The number of ether oxygens (including phenoxy) is 1. The number of aromatic nitrogens is 2. The smallest absolute Gasteiger partial charge is 0.0948 e. The molecule has 2 heterocycles. The van der Waals surface area contributed by atoms with E-state index in [9.17, 15) is 0 Å². The van der Waals surface area contributed by atoms with Crippen LogP contribution < -0.4 is 0 Å². The molecular weight excluding hydrogens is 180 g/mol. The predicted molar refractivity (Wildman–Crippen MR) is 51.7 cm³/mol.